The maximum Gasteiger partial charge on any atom is 0.422 e. The molecule has 0 bridgehead atoms. The molecule has 2 N–H and O–H groups in total. The molecule has 4 rings (SSSR count). The summed E-state index contributed by atoms with van der Waals surface area (Å²) in [5, 5.41) is 11.3. The van der Waals surface area contributed by atoms with E-state index in [4.69, 9.17) is 4.74 Å². The van der Waals surface area contributed by atoms with Crippen LogP contribution in [0.1, 0.15) is 25.3 Å². The van der Waals surface area contributed by atoms with Crippen LogP contribution in [0.3, 0.4) is 0 Å². The minimum Gasteiger partial charge on any atom is -0.493 e. The number of alkyl halides is 3. The maximum atomic E-state index is 14.1. The number of pyridine rings is 1. The number of fused-ring (bicyclic) bond motifs is 2. The summed E-state index contributed by atoms with van der Waals surface area (Å²) < 4.78 is 47.7. The van der Waals surface area contributed by atoms with Crippen LogP contribution in [-0.4, -0.2) is 34.7 Å². The number of H-pyrrole nitrogens is 1. The van der Waals surface area contributed by atoms with E-state index in [9.17, 15) is 23.1 Å². The molecular weight excluding hydrogens is 409 g/mol. The van der Waals surface area contributed by atoms with Gasteiger partial charge in [0.15, 0.2) is 5.60 Å². The van der Waals surface area contributed by atoms with Crippen molar-refractivity contribution in [1.82, 2.24) is 4.98 Å². The largest absolute Gasteiger partial charge is 0.493 e. The monoisotopic (exact) mass is 430 g/mol. The number of aromatic amines is 1. The summed E-state index contributed by atoms with van der Waals surface area (Å²) in [5.74, 6) is 0.524. The highest BCUT2D eigenvalue weighted by molar-refractivity contribution is 5.91. The average Bonchev–Trinajstić information content (AvgIpc) is 2.71. The van der Waals surface area contributed by atoms with Crippen molar-refractivity contribution < 1.29 is 23.0 Å². The predicted octanol–water partition coefficient (Wildman–Crippen LogP) is 4.65. The van der Waals surface area contributed by atoms with Crippen molar-refractivity contribution in [3.63, 3.8) is 0 Å². The molecular formula is C23H21F3N2O3. The van der Waals surface area contributed by atoms with E-state index in [-0.39, 0.29) is 17.9 Å². The molecule has 0 saturated heterocycles. The standard InChI is InChI=1S/C23H21F3N2O3/c1-21(11-12-31-19-8-3-2-5-16(19)21)13-22(30,23(24,25)26)14-27-17-6-4-7-18-15(17)9-10-20(29)28-18/h2-10,14,30H,11-13H2,1H3,(H,28,29)/b27-14+. The fourth-order valence-corrected chi connectivity index (χ4v) is 4.07. The summed E-state index contributed by atoms with van der Waals surface area (Å²) >= 11 is 0. The fourth-order valence-electron chi connectivity index (χ4n) is 4.07. The number of halogens is 3. The molecule has 31 heavy (non-hydrogen) atoms. The van der Waals surface area contributed by atoms with E-state index in [1.165, 1.54) is 18.2 Å². The summed E-state index contributed by atoms with van der Waals surface area (Å²) in [4.78, 5) is 18.1. The molecule has 3 aromatic rings. The van der Waals surface area contributed by atoms with Gasteiger partial charge in [0.2, 0.25) is 5.56 Å². The number of aliphatic hydroxyl groups is 1. The number of hydrogen-bond donors (Lipinski definition) is 2. The van der Waals surface area contributed by atoms with E-state index < -0.39 is 23.6 Å². The zero-order valence-corrected chi connectivity index (χ0v) is 16.7. The van der Waals surface area contributed by atoms with Crippen molar-refractivity contribution in [2.24, 2.45) is 4.99 Å². The van der Waals surface area contributed by atoms with Crippen LogP contribution in [0.25, 0.3) is 10.9 Å². The molecule has 0 fully saturated rings. The molecule has 2 unspecified atom stereocenters. The topological polar surface area (TPSA) is 74.7 Å². The summed E-state index contributed by atoms with van der Waals surface area (Å²) in [6.45, 7) is 1.96. The predicted molar refractivity (Wildman–Crippen MR) is 112 cm³/mol. The van der Waals surface area contributed by atoms with Gasteiger partial charge in [-0.2, -0.15) is 13.2 Å². The lowest BCUT2D eigenvalue weighted by Crippen LogP contribution is -2.51. The first-order chi connectivity index (χ1) is 14.6. The van der Waals surface area contributed by atoms with Gasteiger partial charge in [-0.05, 0) is 37.1 Å². The third kappa shape index (κ3) is 3.95. The summed E-state index contributed by atoms with van der Waals surface area (Å²) in [6, 6.07) is 14.4. The Bertz CT molecular complexity index is 1200. The van der Waals surface area contributed by atoms with Crippen molar-refractivity contribution in [1.29, 1.82) is 0 Å². The molecule has 0 saturated carbocycles. The molecule has 8 heteroatoms. The van der Waals surface area contributed by atoms with E-state index >= 15 is 0 Å². The highest BCUT2D eigenvalue weighted by atomic mass is 19.4. The highest BCUT2D eigenvalue weighted by Gasteiger charge is 2.56. The molecule has 2 aromatic carbocycles. The molecule has 0 spiro atoms. The Morgan fingerprint density at radius 3 is 2.71 bits per heavy atom. The lowest BCUT2D eigenvalue weighted by molar-refractivity contribution is -0.235. The van der Waals surface area contributed by atoms with Gasteiger partial charge in [-0.15, -0.1) is 0 Å². The van der Waals surface area contributed by atoms with Gasteiger partial charge in [-0.1, -0.05) is 31.2 Å². The van der Waals surface area contributed by atoms with Gasteiger partial charge in [0.05, 0.1) is 17.8 Å². The first-order valence-corrected chi connectivity index (χ1v) is 9.80. The maximum absolute atomic E-state index is 14.1. The number of nitrogens with zero attached hydrogens (tertiary/aromatic N) is 1. The van der Waals surface area contributed by atoms with E-state index in [1.807, 2.05) is 0 Å². The molecule has 0 aliphatic carbocycles. The van der Waals surface area contributed by atoms with Crippen LogP contribution in [0.2, 0.25) is 0 Å². The van der Waals surface area contributed by atoms with E-state index in [2.05, 4.69) is 9.98 Å². The van der Waals surface area contributed by atoms with Crippen LogP contribution >= 0.6 is 0 Å². The summed E-state index contributed by atoms with van der Waals surface area (Å²) in [6.07, 6.45) is -4.65. The van der Waals surface area contributed by atoms with E-state index in [1.54, 1.807) is 43.3 Å². The van der Waals surface area contributed by atoms with Crippen molar-refractivity contribution in [3.8, 4) is 5.75 Å². The number of rotatable bonds is 4. The lowest BCUT2D eigenvalue weighted by atomic mass is 9.70. The number of hydrogen-bond acceptors (Lipinski definition) is 4. The van der Waals surface area contributed by atoms with Crippen molar-refractivity contribution in [2.75, 3.05) is 6.61 Å². The van der Waals surface area contributed by atoms with Gasteiger partial charge in [-0.3, -0.25) is 9.79 Å². The molecule has 0 amide bonds. The van der Waals surface area contributed by atoms with Gasteiger partial charge in [-0.25, -0.2) is 0 Å². The van der Waals surface area contributed by atoms with Gasteiger partial charge in [0.1, 0.15) is 5.75 Å². The Balaban J connectivity index is 1.74. The SMILES string of the molecule is CC1(CC(O)(/C=N/c2cccc3[nH]c(=O)ccc23)C(F)(F)F)CCOc2ccccc21. The quantitative estimate of drug-likeness (QED) is 0.592. The molecule has 5 nitrogen and oxygen atoms in total. The highest BCUT2D eigenvalue weighted by Crippen LogP contribution is 2.47. The molecule has 1 aliphatic heterocycles. The lowest BCUT2D eigenvalue weighted by Gasteiger charge is -2.41. The minimum absolute atomic E-state index is 0.217. The number of para-hydroxylation sites is 1. The molecule has 162 valence electrons. The zero-order valence-electron chi connectivity index (χ0n) is 16.7. The Kier molecular flexibility index (Phi) is 5.13. The normalized spacial score (nSPS) is 20.9. The number of ether oxygens (including phenoxy) is 1. The summed E-state index contributed by atoms with van der Waals surface area (Å²) in [7, 11) is 0. The van der Waals surface area contributed by atoms with Crippen molar-refractivity contribution in [2.45, 2.75) is 37.0 Å². The number of aromatic nitrogens is 1. The van der Waals surface area contributed by atoms with Gasteiger partial charge >= 0.3 is 6.18 Å². The van der Waals surface area contributed by atoms with Crippen LogP contribution in [0, 0.1) is 0 Å². The second-order valence-corrected chi connectivity index (χ2v) is 8.07. The van der Waals surface area contributed by atoms with E-state index in [0.717, 1.165) is 0 Å². The number of benzene rings is 2. The molecule has 2 atom stereocenters. The van der Waals surface area contributed by atoms with Gasteiger partial charge in [0, 0.05) is 28.6 Å². The Morgan fingerprint density at radius 1 is 1.16 bits per heavy atom. The summed E-state index contributed by atoms with van der Waals surface area (Å²) in [5.41, 5.74) is -3.16. The molecule has 0 radical (unpaired) electrons. The first kappa shape index (κ1) is 21.1. The second kappa shape index (κ2) is 7.53. The minimum atomic E-state index is -4.94. The Labute approximate surface area is 176 Å². The number of aliphatic imine (C=N–C) groups is 1. The Morgan fingerprint density at radius 2 is 1.94 bits per heavy atom. The first-order valence-electron chi connectivity index (χ1n) is 9.80. The van der Waals surface area contributed by atoms with Crippen molar-refractivity contribution >= 4 is 22.8 Å². The Hall–Kier alpha value is -3.13. The van der Waals surface area contributed by atoms with Crippen LogP contribution in [0.5, 0.6) is 5.75 Å². The van der Waals surface area contributed by atoms with Crippen molar-refractivity contribution in [3.05, 3.63) is 70.5 Å². The fraction of sp³-hybridized carbons (Fsp3) is 0.304. The molecule has 1 aromatic heterocycles. The third-order valence-corrected chi connectivity index (χ3v) is 5.76. The van der Waals surface area contributed by atoms with E-state index in [0.29, 0.717) is 34.9 Å². The molecule has 1 aliphatic rings. The number of nitrogens with one attached hydrogen (secondary N) is 1. The van der Waals surface area contributed by atoms with Gasteiger partial charge < -0.3 is 14.8 Å². The zero-order chi connectivity index (χ0) is 22.3. The van der Waals surface area contributed by atoms with Crippen LogP contribution in [0.4, 0.5) is 18.9 Å². The van der Waals surface area contributed by atoms with Crippen LogP contribution in [-0.2, 0) is 5.41 Å². The third-order valence-electron chi connectivity index (χ3n) is 5.76. The second-order valence-electron chi connectivity index (χ2n) is 8.07. The molecule has 2 heterocycles. The van der Waals surface area contributed by atoms with Gasteiger partial charge in [0.25, 0.3) is 0 Å². The average molecular weight is 430 g/mol. The van der Waals surface area contributed by atoms with Crippen LogP contribution < -0.4 is 10.3 Å². The van der Waals surface area contributed by atoms with Crippen LogP contribution in [0.15, 0.2) is 64.4 Å². The smallest absolute Gasteiger partial charge is 0.422 e.